The lowest BCUT2D eigenvalue weighted by molar-refractivity contribution is 0.0881. The molecule has 0 aromatic heterocycles. The summed E-state index contributed by atoms with van der Waals surface area (Å²) in [7, 11) is 0. The highest BCUT2D eigenvalue weighted by atomic mass is 16.5. The molecule has 1 atom stereocenters. The summed E-state index contributed by atoms with van der Waals surface area (Å²) >= 11 is 0. The number of amides is 2. The quantitative estimate of drug-likeness (QED) is 0.0841. The molecule has 0 aliphatic rings. The Labute approximate surface area is 315 Å². The lowest BCUT2D eigenvalue weighted by Crippen LogP contribution is -2.46. The molecule has 2 amide bonds. The van der Waals surface area contributed by atoms with Gasteiger partial charge < -0.3 is 34.7 Å². The molecule has 0 saturated heterocycles. The smallest absolute Gasteiger partial charge is 0.255 e. The van der Waals surface area contributed by atoms with E-state index in [2.05, 4.69) is 10.6 Å². The van der Waals surface area contributed by atoms with Crippen molar-refractivity contribution in [2.75, 3.05) is 13.2 Å². The summed E-state index contributed by atoms with van der Waals surface area (Å²) in [4.78, 5) is 27.5. The van der Waals surface area contributed by atoms with Crippen LogP contribution in [0.3, 0.4) is 0 Å². The summed E-state index contributed by atoms with van der Waals surface area (Å²) in [5.74, 6) is 0.397. The van der Waals surface area contributed by atoms with Crippen LogP contribution in [0.1, 0.15) is 43.0 Å². The molecule has 6 aromatic rings. The van der Waals surface area contributed by atoms with Crippen LogP contribution in [0.4, 0.5) is 0 Å². The molecule has 9 nitrogen and oxygen atoms in total. The number of carbonyl (C=O) groups is 2. The van der Waals surface area contributed by atoms with Crippen molar-refractivity contribution in [3.05, 3.63) is 191 Å². The van der Waals surface area contributed by atoms with Crippen molar-refractivity contribution >= 4 is 11.8 Å². The van der Waals surface area contributed by atoms with Crippen molar-refractivity contribution in [3.63, 3.8) is 0 Å². The molecule has 0 fully saturated rings. The van der Waals surface area contributed by atoms with E-state index in [1.165, 1.54) is 0 Å². The number of hydrogen-bond acceptors (Lipinski definition) is 7. The van der Waals surface area contributed by atoms with E-state index >= 15 is 0 Å². The third-order valence-electron chi connectivity index (χ3n) is 8.44. The molecule has 0 heterocycles. The van der Waals surface area contributed by atoms with E-state index in [4.69, 9.17) is 18.9 Å². The van der Waals surface area contributed by atoms with Crippen LogP contribution in [0.15, 0.2) is 158 Å². The van der Waals surface area contributed by atoms with Gasteiger partial charge in [0.2, 0.25) is 0 Å². The lowest BCUT2D eigenvalue weighted by Gasteiger charge is -2.21. The fourth-order valence-electron chi connectivity index (χ4n) is 5.58. The Kier molecular flexibility index (Phi) is 13.3. The number of para-hydroxylation sites is 2. The van der Waals surface area contributed by atoms with Gasteiger partial charge in [-0.1, -0.05) is 133 Å². The highest BCUT2D eigenvalue weighted by Gasteiger charge is 2.23. The van der Waals surface area contributed by atoms with Gasteiger partial charge in [-0.05, 0) is 46.5 Å². The summed E-state index contributed by atoms with van der Waals surface area (Å²) in [5, 5.41) is 16.0. The Bertz CT molecular complexity index is 2080. The lowest BCUT2D eigenvalue weighted by atomic mass is 10.1. The van der Waals surface area contributed by atoms with Crippen molar-refractivity contribution in [1.29, 1.82) is 0 Å². The van der Waals surface area contributed by atoms with Crippen molar-refractivity contribution in [2.45, 2.75) is 32.5 Å². The number of carbonyl (C=O) groups excluding carboxylic acids is 2. The fourth-order valence-corrected chi connectivity index (χ4v) is 5.58. The molecular formula is C45H42N2O7. The largest absolute Gasteiger partial charge is 0.485 e. The minimum absolute atomic E-state index is 0.0707. The van der Waals surface area contributed by atoms with Gasteiger partial charge in [-0.2, -0.15) is 0 Å². The Morgan fingerprint density at radius 1 is 0.463 bits per heavy atom. The number of nitrogens with one attached hydrogen (secondary N) is 2. The summed E-state index contributed by atoms with van der Waals surface area (Å²) in [5.41, 5.74) is 4.23. The number of aliphatic hydroxyl groups excluding tert-OH is 1. The molecule has 6 rings (SSSR count). The maximum atomic E-state index is 13.8. The van der Waals surface area contributed by atoms with Gasteiger partial charge in [0.1, 0.15) is 26.4 Å². The maximum absolute atomic E-state index is 13.8. The maximum Gasteiger partial charge on any atom is 0.255 e. The fraction of sp³-hybridized carbons (Fsp3) is 0.156. The minimum atomic E-state index is -0.830. The molecule has 274 valence electrons. The zero-order chi connectivity index (χ0) is 37.4. The first-order valence-electron chi connectivity index (χ1n) is 17.7. The number of ether oxygens (including phenoxy) is 4. The molecular weight excluding hydrogens is 681 g/mol. The van der Waals surface area contributed by atoms with Gasteiger partial charge in [0, 0.05) is 6.54 Å². The van der Waals surface area contributed by atoms with Crippen LogP contribution in [-0.4, -0.2) is 36.1 Å². The van der Waals surface area contributed by atoms with Crippen LogP contribution in [0.5, 0.6) is 23.0 Å². The van der Waals surface area contributed by atoms with Crippen LogP contribution in [-0.2, 0) is 26.4 Å². The molecule has 9 heteroatoms. The second-order valence-electron chi connectivity index (χ2n) is 12.4. The molecule has 3 N–H and O–H groups in total. The van der Waals surface area contributed by atoms with Crippen molar-refractivity contribution < 1.29 is 33.6 Å². The average molecular weight is 723 g/mol. The second kappa shape index (κ2) is 19.3. The van der Waals surface area contributed by atoms with Gasteiger partial charge in [-0.3, -0.25) is 9.59 Å². The van der Waals surface area contributed by atoms with Crippen molar-refractivity contribution in [1.82, 2.24) is 10.6 Å². The first-order chi connectivity index (χ1) is 26.6. The van der Waals surface area contributed by atoms with E-state index in [1.54, 1.807) is 36.4 Å². The molecule has 0 aliphatic carbocycles. The predicted octanol–water partition coefficient (Wildman–Crippen LogP) is 7.52. The number of hydrogen-bond donors (Lipinski definition) is 3. The number of aliphatic hydroxyl groups is 1. The van der Waals surface area contributed by atoms with E-state index < -0.39 is 24.5 Å². The first-order valence-corrected chi connectivity index (χ1v) is 17.7. The number of rotatable bonds is 18. The van der Waals surface area contributed by atoms with Gasteiger partial charge in [-0.15, -0.1) is 0 Å². The van der Waals surface area contributed by atoms with Crippen LogP contribution in [0.25, 0.3) is 0 Å². The monoisotopic (exact) mass is 722 g/mol. The Balaban J connectivity index is 1.16. The van der Waals surface area contributed by atoms with Gasteiger partial charge in [0.15, 0.2) is 23.0 Å². The molecule has 0 spiro atoms. The third-order valence-corrected chi connectivity index (χ3v) is 8.44. The summed E-state index contributed by atoms with van der Waals surface area (Å²) in [6.07, 6.45) is 0. The Morgan fingerprint density at radius 3 is 1.22 bits per heavy atom. The number of benzene rings is 6. The van der Waals surface area contributed by atoms with Gasteiger partial charge in [0.05, 0.1) is 23.8 Å². The average Bonchev–Trinajstić information content (AvgIpc) is 3.23. The van der Waals surface area contributed by atoms with E-state index in [-0.39, 0.29) is 55.6 Å². The summed E-state index contributed by atoms with van der Waals surface area (Å²) < 4.78 is 24.7. The van der Waals surface area contributed by atoms with Crippen molar-refractivity contribution in [2.24, 2.45) is 0 Å². The van der Waals surface area contributed by atoms with E-state index in [9.17, 15) is 14.7 Å². The molecule has 0 saturated carbocycles. The predicted molar refractivity (Wildman–Crippen MR) is 207 cm³/mol. The Hall–Kier alpha value is -6.58. The molecule has 0 unspecified atom stereocenters. The third kappa shape index (κ3) is 10.5. The van der Waals surface area contributed by atoms with Crippen LogP contribution in [0, 0.1) is 0 Å². The Morgan fingerprint density at radius 2 is 0.833 bits per heavy atom. The summed E-state index contributed by atoms with van der Waals surface area (Å²) in [6, 6.07) is 48.0. The summed E-state index contributed by atoms with van der Waals surface area (Å²) in [6.45, 7) is 0.461. The zero-order valence-corrected chi connectivity index (χ0v) is 29.7. The normalized spacial score (nSPS) is 11.2. The van der Waals surface area contributed by atoms with Gasteiger partial charge >= 0.3 is 0 Å². The molecule has 0 aliphatic heterocycles. The molecule has 0 radical (unpaired) electrons. The van der Waals surface area contributed by atoms with Gasteiger partial charge in [0.25, 0.3) is 11.8 Å². The SMILES string of the molecule is O=C(NC[C@@H](CO)NC(=O)c1cccc(OCc2ccccc2)c1OCc1ccccc1)c1cccc(OCc2ccccc2)c1OCc1ccccc1. The standard InChI is InChI=1S/C45H42N2O7/c48-28-37(47-45(50)39-24-14-26-41(52-30-34-17-7-2-8-18-34)43(39)54-32-36-21-11-4-12-22-36)27-46-44(49)38-23-13-25-40(51-29-33-15-5-1-6-16-33)42(38)53-31-35-19-9-3-10-20-35/h1-26,37,48H,27-32H2,(H,46,49)(H,47,50)/t37-/m0/s1. The van der Waals surface area contributed by atoms with E-state index in [0.717, 1.165) is 22.3 Å². The van der Waals surface area contributed by atoms with Crippen molar-refractivity contribution in [3.8, 4) is 23.0 Å². The molecule has 6 aromatic carbocycles. The van der Waals surface area contributed by atoms with E-state index in [1.807, 2.05) is 121 Å². The highest BCUT2D eigenvalue weighted by molar-refractivity contribution is 5.99. The van der Waals surface area contributed by atoms with Gasteiger partial charge in [-0.25, -0.2) is 0 Å². The zero-order valence-electron chi connectivity index (χ0n) is 29.7. The highest BCUT2D eigenvalue weighted by Crippen LogP contribution is 2.34. The molecule has 0 bridgehead atoms. The van der Waals surface area contributed by atoms with Crippen LogP contribution < -0.4 is 29.6 Å². The van der Waals surface area contributed by atoms with Crippen LogP contribution in [0.2, 0.25) is 0 Å². The van der Waals surface area contributed by atoms with E-state index in [0.29, 0.717) is 11.5 Å². The second-order valence-corrected chi connectivity index (χ2v) is 12.4. The first kappa shape index (κ1) is 37.2. The topological polar surface area (TPSA) is 115 Å². The minimum Gasteiger partial charge on any atom is -0.485 e. The molecule has 54 heavy (non-hydrogen) atoms. The van der Waals surface area contributed by atoms with Crippen LogP contribution >= 0.6 is 0 Å².